The molecule has 3 aliphatic rings. The van der Waals surface area contributed by atoms with Crippen LogP contribution in [0, 0.1) is 5.92 Å². The molecule has 0 radical (unpaired) electrons. The predicted octanol–water partition coefficient (Wildman–Crippen LogP) is 2.92. The van der Waals surface area contributed by atoms with Crippen molar-refractivity contribution in [2.75, 3.05) is 26.7 Å². The fraction of sp³-hybridized carbons (Fsp3) is 0.429. The molecular weight excluding hydrogens is 322 g/mol. The van der Waals surface area contributed by atoms with Gasteiger partial charge in [0.05, 0.1) is 11.4 Å². The van der Waals surface area contributed by atoms with E-state index in [0.717, 1.165) is 23.9 Å². The molecule has 3 fully saturated rings. The summed E-state index contributed by atoms with van der Waals surface area (Å²) >= 11 is 0. The molecule has 3 saturated heterocycles. The van der Waals surface area contributed by atoms with E-state index in [4.69, 9.17) is 4.98 Å². The maximum atomic E-state index is 4.86. The van der Waals surface area contributed by atoms with Crippen LogP contribution in [0.15, 0.2) is 48.8 Å². The van der Waals surface area contributed by atoms with Crippen molar-refractivity contribution in [1.29, 1.82) is 0 Å². The summed E-state index contributed by atoms with van der Waals surface area (Å²) in [6.45, 7) is 4.53. The van der Waals surface area contributed by atoms with Crippen LogP contribution in [0.4, 0.5) is 0 Å². The third kappa shape index (κ3) is 2.81. The molecule has 6 rings (SSSR count). The number of rotatable bonds is 3. The second-order valence-electron chi connectivity index (χ2n) is 7.81. The number of benzene rings is 1. The number of likely N-dealkylation sites (N-methyl/N-ethyl adjacent to an activating group) is 1. The van der Waals surface area contributed by atoms with Crippen molar-refractivity contribution in [3.63, 3.8) is 0 Å². The Bertz CT molecular complexity index is 903. The minimum Gasteiger partial charge on any atom is -0.304 e. The van der Waals surface area contributed by atoms with Crippen LogP contribution in [0.3, 0.4) is 0 Å². The molecule has 134 valence electrons. The second-order valence-corrected chi connectivity index (χ2v) is 7.81. The largest absolute Gasteiger partial charge is 0.304 e. The molecule has 0 spiro atoms. The molecule has 0 N–H and O–H groups in total. The Balaban J connectivity index is 1.56. The number of piperidine rings is 1. The minimum absolute atomic E-state index is 0.643. The molecule has 5 heteroatoms. The summed E-state index contributed by atoms with van der Waals surface area (Å²) < 4.78 is 2.17. The molecule has 2 bridgehead atoms. The molecule has 0 aliphatic carbocycles. The summed E-state index contributed by atoms with van der Waals surface area (Å²) in [5.74, 6) is 1.58. The van der Waals surface area contributed by atoms with Crippen molar-refractivity contribution in [3.8, 4) is 11.3 Å². The monoisotopic (exact) mass is 347 g/mol. The van der Waals surface area contributed by atoms with Crippen molar-refractivity contribution in [2.45, 2.75) is 25.4 Å². The predicted molar refractivity (Wildman–Crippen MR) is 103 cm³/mol. The van der Waals surface area contributed by atoms with E-state index in [-0.39, 0.29) is 0 Å². The highest BCUT2D eigenvalue weighted by atomic mass is 15.3. The van der Waals surface area contributed by atoms with Crippen molar-refractivity contribution < 1.29 is 0 Å². The van der Waals surface area contributed by atoms with Gasteiger partial charge in [-0.3, -0.25) is 9.30 Å². The molecule has 26 heavy (non-hydrogen) atoms. The van der Waals surface area contributed by atoms with Crippen LogP contribution >= 0.6 is 0 Å². The first-order chi connectivity index (χ1) is 12.8. The van der Waals surface area contributed by atoms with Gasteiger partial charge < -0.3 is 4.90 Å². The van der Waals surface area contributed by atoms with Crippen LogP contribution in [0.5, 0.6) is 0 Å². The summed E-state index contributed by atoms with van der Waals surface area (Å²) in [4.78, 5) is 14.5. The summed E-state index contributed by atoms with van der Waals surface area (Å²) in [5.41, 5.74) is 3.50. The lowest BCUT2D eigenvalue weighted by atomic mass is 9.94. The van der Waals surface area contributed by atoms with E-state index in [9.17, 15) is 0 Å². The molecule has 2 atom stereocenters. The SMILES string of the molecule is CN1C[C@@H]2CC[C@H](C1)N(Cc1c(-c3ccccc3)nc3ncccn13)C2. The van der Waals surface area contributed by atoms with Crippen molar-refractivity contribution in [3.05, 3.63) is 54.5 Å². The summed E-state index contributed by atoms with van der Waals surface area (Å²) in [6.07, 6.45) is 6.60. The van der Waals surface area contributed by atoms with Crippen LogP contribution < -0.4 is 0 Å². The average Bonchev–Trinajstić information content (AvgIpc) is 2.82. The van der Waals surface area contributed by atoms with E-state index < -0.39 is 0 Å². The standard InChI is InChI=1S/C21H25N5/c1-24-12-16-8-9-18(14-24)25(13-16)15-19-20(17-6-3-2-4-7-17)23-21-22-10-5-11-26(19)21/h2-7,10-11,16,18H,8-9,12-15H2,1H3/t16-,18+/m0/s1. The summed E-state index contributed by atoms with van der Waals surface area (Å²) in [7, 11) is 2.27. The number of nitrogens with zero attached hydrogens (tertiary/aromatic N) is 5. The average molecular weight is 347 g/mol. The lowest BCUT2D eigenvalue weighted by molar-refractivity contribution is 0.122. The van der Waals surface area contributed by atoms with Gasteiger partial charge in [0, 0.05) is 50.2 Å². The Morgan fingerprint density at radius 1 is 1.04 bits per heavy atom. The summed E-state index contributed by atoms with van der Waals surface area (Å²) in [6, 6.07) is 13.2. The van der Waals surface area contributed by atoms with Gasteiger partial charge in [0.15, 0.2) is 0 Å². The highest BCUT2D eigenvalue weighted by molar-refractivity contribution is 5.65. The smallest absolute Gasteiger partial charge is 0.234 e. The maximum Gasteiger partial charge on any atom is 0.234 e. The number of aromatic nitrogens is 3. The van der Waals surface area contributed by atoms with Gasteiger partial charge in [-0.2, -0.15) is 0 Å². The van der Waals surface area contributed by atoms with Crippen molar-refractivity contribution >= 4 is 5.78 Å². The molecule has 2 aromatic heterocycles. The van der Waals surface area contributed by atoms with Crippen LogP contribution in [-0.2, 0) is 6.54 Å². The number of hydrogen-bond acceptors (Lipinski definition) is 4. The molecule has 1 aromatic carbocycles. The van der Waals surface area contributed by atoms with E-state index in [1.165, 1.54) is 43.7 Å². The molecule has 5 heterocycles. The molecular formula is C21H25N5. The fourth-order valence-corrected chi connectivity index (χ4v) is 4.71. The third-order valence-electron chi connectivity index (χ3n) is 5.91. The van der Waals surface area contributed by atoms with Gasteiger partial charge in [0.25, 0.3) is 0 Å². The van der Waals surface area contributed by atoms with Gasteiger partial charge in [-0.25, -0.2) is 9.97 Å². The molecule has 3 aromatic rings. The molecule has 0 amide bonds. The van der Waals surface area contributed by atoms with Gasteiger partial charge in [0.1, 0.15) is 0 Å². The van der Waals surface area contributed by atoms with Gasteiger partial charge in [0.2, 0.25) is 5.78 Å². The molecule has 0 unspecified atom stereocenters. The van der Waals surface area contributed by atoms with E-state index >= 15 is 0 Å². The van der Waals surface area contributed by atoms with E-state index in [1.807, 2.05) is 12.3 Å². The van der Waals surface area contributed by atoms with Crippen molar-refractivity contribution in [2.24, 2.45) is 5.92 Å². The van der Waals surface area contributed by atoms with Gasteiger partial charge in [-0.1, -0.05) is 30.3 Å². The van der Waals surface area contributed by atoms with Crippen LogP contribution in [0.1, 0.15) is 18.5 Å². The fourth-order valence-electron chi connectivity index (χ4n) is 4.71. The third-order valence-corrected chi connectivity index (χ3v) is 5.91. The van der Waals surface area contributed by atoms with Gasteiger partial charge >= 0.3 is 0 Å². The van der Waals surface area contributed by atoms with E-state index in [0.29, 0.717) is 6.04 Å². The zero-order valence-electron chi connectivity index (χ0n) is 15.3. The van der Waals surface area contributed by atoms with Crippen LogP contribution in [0.25, 0.3) is 17.0 Å². The van der Waals surface area contributed by atoms with Gasteiger partial charge in [-0.15, -0.1) is 0 Å². The van der Waals surface area contributed by atoms with E-state index in [2.05, 4.69) is 62.8 Å². The molecule has 3 aliphatic heterocycles. The van der Waals surface area contributed by atoms with Crippen LogP contribution in [-0.4, -0.2) is 56.9 Å². The quantitative estimate of drug-likeness (QED) is 0.730. The van der Waals surface area contributed by atoms with Gasteiger partial charge in [-0.05, 0) is 31.9 Å². The topological polar surface area (TPSA) is 36.7 Å². The van der Waals surface area contributed by atoms with E-state index in [1.54, 1.807) is 0 Å². The van der Waals surface area contributed by atoms with Crippen LogP contribution in [0.2, 0.25) is 0 Å². The number of imidazole rings is 1. The summed E-state index contributed by atoms with van der Waals surface area (Å²) in [5, 5.41) is 0. The molecule has 0 saturated carbocycles. The Morgan fingerprint density at radius 3 is 2.81 bits per heavy atom. The normalized spacial score (nSPS) is 24.2. The highest BCUT2D eigenvalue weighted by Crippen LogP contribution is 2.31. The number of hydrogen-bond donors (Lipinski definition) is 0. The first kappa shape index (κ1) is 16.0. The lowest BCUT2D eigenvalue weighted by Gasteiger charge is -2.36. The Labute approximate surface area is 154 Å². The number of fused-ring (bicyclic) bond motifs is 5. The van der Waals surface area contributed by atoms with Crippen molar-refractivity contribution in [1.82, 2.24) is 24.2 Å². The first-order valence-electron chi connectivity index (χ1n) is 9.58. The zero-order valence-corrected chi connectivity index (χ0v) is 15.3. The Hall–Kier alpha value is -2.24. The minimum atomic E-state index is 0.643. The Morgan fingerprint density at radius 2 is 1.92 bits per heavy atom. The highest BCUT2D eigenvalue weighted by Gasteiger charge is 2.34. The second kappa shape index (κ2) is 6.49. The maximum absolute atomic E-state index is 4.86. The zero-order chi connectivity index (χ0) is 17.5. The Kier molecular flexibility index (Phi) is 3.98. The molecule has 5 nitrogen and oxygen atoms in total. The lowest BCUT2D eigenvalue weighted by Crippen LogP contribution is -2.43. The first-order valence-corrected chi connectivity index (χ1v) is 9.58.